The van der Waals surface area contributed by atoms with Crippen LogP contribution in [0.2, 0.25) is 0 Å². The Balaban J connectivity index is 1.74. The molecule has 1 saturated heterocycles. The summed E-state index contributed by atoms with van der Waals surface area (Å²) in [6, 6.07) is 4.20. The molecule has 0 saturated carbocycles. The number of carbonyl (C=O) groups excluding carboxylic acids is 1. The Kier molecular flexibility index (Phi) is 4.78. The lowest BCUT2D eigenvalue weighted by Gasteiger charge is -2.35. The molecule has 100 valence electrons. The average molecular weight is 267 g/mol. The van der Waals surface area contributed by atoms with Crippen molar-refractivity contribution >= 4 is 17.2 Å². The van der Waals surface area contributed by atoms with Crippen LogP contribution in [0.1, 0.15) is 31.6 Å². The van der Waals surface area contributed by atoms with Gasteiger partial charge in [0.25, 0.3) is 0 Å². The summed E-state index contributed by atoms with van der Waals surface area (Å²) in [6.07, 6.45) is 2.93. The first-order chi connectivity index (χ1) is 8.65. The second-order valence-corrected chi connectivity index (χ2v) is 6.02. The van der Waals surface area contributed by atoms with Gasteiger partial charge in [0.05, 0.1) is 12.2 Å². The quantitative estimate of drug-likeness (QED) is 0.839. The van der Waals surface area contributed by atoms with E-state index in [0.29, 0.717) is 6.42 Å². The number of amides is 1. The fraction of sp³-hybridized carbons (Fsp3) is 0.643. The Morgan fingerprint density at radius 1 is 1.44 bits per heavy atom. The molecule has 1 amide bonds. The van der Waals surface area contributed by atoms with Crippen LogP contribution in [0.4, 0.5) is 0 Å². The van der Waals surface area contributed by atoms with E-state index in [2.05, 4.69) is 17.5 Å². The monoisotopic (exact) mass is 267 g/mol. The molecule has 1 aliphatic heterocycles. The Hall–Kier alpha value is -0.870. The van der Waals surface area contributed by atoms with Crippen molar-refractivity contribution in [2.75, 3.05) is 13.1 Å². The molecule has 4 heteroatoms. The molecule has 1 aromatic rings. The van der Waals surface area contributed by atoms with Crippen LogP contribution in [0.15, 0.2) is 17.5 Å². The zero-order valence-corrected chi connectivity index (χ0v) is 11.9. The molecule has 0 unspecified atom stereocenters. The minimum absolute atomic E-state index is 0.162. The Morgan fingerprint density at radius 3 is 2.78 bits per heavy atom. The summed E-state index contributed by atoms with van der Waals surface area (Å²) in [7, 11) is 0. The van der Waals surface area contributed by atoms with Crippen molar-refractivity contribution in [1.82, 2.24) is 4.90 Å². The number of morpholine rings is 1. The van der Waals surface area contributed by atoms with Crippen LogP contribution < -0.4 is 0 Å². The van der Waals surface area contributed by atoms with Crippen molar-refractivity contribution in [2.45, 2.75) is 45.3 Å². The summed E-state index contributed by atoms with van der Waals surface area (Å²) in [5.41, 5.74) is 0. The summed E-state index contributed by atoms with van der Waals surface area (Å²) in [5, 5.41) is 2.09. The van der Waals surface area contributed by atoms with Gasteiger partial charge in [-0.3, -0.25) is 4.79 Å². The van der Waals surface area contributed by atoms with E-state index in [4.69, 9.17) is 4.74 Å². The second kappa shape index (κ2) is 6.34. The predicted octanol–water partition coefficient (Wildman–Crippen LogP) is 2.71. The lowest BCUT2D eigenvalue weighted by atomic mass is 10.1. The van der Waals surface area contributed by atoms with Crippen molar-refractivity contribution in [3.05, 3.63) is 22.4 Å². The molecular formula is C14H21NO2S. The second-order valence-electron chi connectivity index (χ2n) is 4.99. The molecule has 1 aromatic heterocycles. The standard InChI is InChI=1S/C14H21NO2S/c1-11-9-15(10-12(2)17-11)14(16)7-3-5-13-6-4-8-18-13/h4,6,8,11-12H,3,5,7,9-10H2,1-2H3/t11-,12+. The van der Waals surface area contributed by atoms with Gasteiger partial charge in [0.2, 0.25) is 5.91 Å². The Bertz CT molecular complexity index is 367. The zero-order chi connectivity index (χ0) is 13.0. The molecule has 0 N–H and O–H groups in total. The van der Waals surface area contributed by atoms with Crippen molar-refractivity contribution in [3.63, 3.8) is 0 Å². The number of carbonyl (C=O) groups is 1. The van der Waals surface area contributed by atoms with Crippen molar-refractivity contribution in [3.8, 4) is 0 Å². The third-order valence-corrected chi connectivity index (χ3v) is 4.10. The first-order valence-electron chi connectivity index (χ1n) is 6.61. The normalized spacial score (nSPS) is 24.2. The molecule has 2 atom stereocenters. The molecule has 1 fully saturated rings. The fourth-order valence-corrected chi connectivity index (χ4v) is 3.16. The van der Waals surface area contributed by atoms with Gasteiger partial charge in [0, 0.05) is 24.4 Å². The molecule has 0 spiro atoms. The summed E-state index contributed by atoms with van der Waals surface area (Å²) >= 11 is 1.77. The number of thiophene rings is 1. The van der Waals surface area contributed by atoms with E-state index in [9.17, 15) is 4.79 Å². The maximum absolute atomic E-state index is 12.1. The predicted molar refractivity (Wildman–Crippen MR) is 73.8 cm³/mol. The van der Waals surface area contributed by atoms with Crippen LogP contribution in [0.25, 0.3) is 0 Å². The van der Waals surface area contributed by atoms with Crippen molar-refractivity contribution in [2.24, 2.45) is 0 Å². The van der Waals surface area contributed by atoms with E-state index in [0.717, 1.165) is 25.9 Å². The van der Waals surface area contributed by atoms with Crippen LogP contribution in [0.3, 0.4) is 0 Å². The molecule has 0 aliphatic carbocycles. The molecule has 2 heterocycles. The van der Waals surface area contributed by atoms with Gasteiger partial charge in [-0.25, -0.2) is 0 Å². The number of hydrogen-bond acceptors (Lipinski definition) is 3. The van der Waals surface area contributed by atoms with Gasteiger partial charge in [-0.15, -0.1) is 11.3 Å². The summed E-state index contributed by atoms with van der Waals surface area (Å²) in [4.78, 5) is 15.4. The van der Waals surface area contributed by atoms with Gasteiger partial charge < -0.3 is 9.64 Å². The topological polar surface area (TPSA) is 29.5 Å². The van der Waals surface area contributed by atoms with Crippen LogP contribution in [0, 0.1) is 0 Å². The highest BCUT2D eigenvalue weighted by atomic mass is 32.1. The van der Waals surface area contributed by atoms with E-state index < -0.39 is 0 Å². The smallest absolute Gasteiger partial charge is 0.222 e. The molecule has 2 rings (SSSR count). The number of aryl methyl sites for hydroxylation is 1. The highest BCUT2D eigenvalue weighted by Crippen LogP contribution is 2.15. The van der Waals surface area contributed by atoms with Gasteiger partial charge in [0.1, 0.15) is 0 Å². The molecule has 0 bridgehead atoms. The van der Waals surface area contributed by atoms with Crippen molar-refractivity contribution in [1.29, 1.82) is 0 Å². The van der Waals surface area contributed by atoms with Gasteiger partial charge >= 0.3 is 0 Å². The highest BCUT2D eigenvalue weighted by Gasteiger charge is 2.25. The van der Waals surface area contributed by atoms with E-state index in [1.807, 2.05) is 18.7 Å². The fourth-order valence-electron chi connectivity index (χ4n) is 2.41. The van der Waals surface area contributed by atoms with E-state index in [-0.39, 0.29) is 18.1 Å². The minimum Gasteiger partial charge on any atom is -0.372 e. The first-order valence-corrected chi connectivity index (χ1v) is 7.48. The number of ether oxygens (including phenoxy) is 1. The van der Waals surface area contributed by atoms with Gasteiger partial charge in [0.15, 0.2) is 0 Å². The van der Waals surface area contributed by atoms with Gasteiger partial charge in [-0.2, -0.15) is 0 Å². The summed E-state index contributed by atoms with van der Waals surface area (Å²) < 4.78 is 5.64. The maximum Gasteiger partial charge on any atom is 0.222 e. The van der Waals surface area contributed by atoms with Crippen LogP contribution in [-0.4, -0.2) is 36.1 Å². The van der Waals surface area contributed by atoms with E-state index in [1.165, 1.54) is 4.88 Å². The Morgan fingerprint density at radius 2 is 2.17 bits per heavy atom. The number of hydrogen-bond donors (Lipinski definition) is 0. The van der Waals surface area contributed by atoms with Crippen molar-refractivity contribution < 1.29 is 9.53 Å². The third-order valence-electron chi connectivity index (χ3n) is 3.17. The lowest BCUT2D eigenvalue weighted by Crippen LogP contribution is -2.48. The molecule has 0 aromatic carbocycles. The molecule has 0 radical (unpaired) electrons. The third kappa shape index (κ3) is 3.82. The molecule has 1 aliphatic rings. The average Bonchev–Trinajstić information content (AvgIpc) is 2.80. The maximum atomic E-state index is 12.1. The van der Waals surface area contributed by atoms with Crippen LogP contribution in [0.5, 0.6) is 0 Å². The van der Waals surface area contributed by atoms with E-state index >= 15 is 0 Å². The minimum atomic E-state index is 0.162. The van der Waals surface area contributed by atoms with Crippen LogP contribution >= 0.6 is 11.3 Å². The van der Waals surface area contributed by atoms with Gasteiger partial charge in [-0.05, 0) is 38.1 Å². The zero-order valence-electron chi connectivity index (χ0n) is 11.1. The SMILES string of the molecule is C[C@@H]1CN(C(=O)CCCc2cccs2)C[C@H](C)O1. The van der Waals surface area contributed by atoms with Gasteiger partial charge in [-0.1, -0.05) is 6.07 Å². The summed E-state index contributed by atoms with van der Waals surface area (Å²) in [6.45, 7) is 5.54. The number of rotatable bonds is 4. The largest absolute Gasteiger partial charge is 0.372 e. The highest BCUT2D eigenvalue weighted by molar-refractivity contribution is 7.09. The summed E-state index contributed by atoms with van der Waals surface area (Å²) in [5.74, 6) is 0.272. The van der Waals surface area contributed by atoms with E-state index in [1.54, 1.807) is 11.3 Å². The molecule has 18 heavy (non-hydrogen) atoms. The Labute approximate surface area is 113 Å². The molecule has 3 nitrogen and oxygen atoms in total. The number of nitrogens with zero attached hydrogens (tertiary/aromatic N) is 1. The molecular weight excluding hydrogens is 246 g/mol. The lowest BCUT2D eigenvalue weighted by molar-refractivity contribution is -0.143. The van der Waals surface area contributed by atoms with Crippen LogP contribution in [-0.2, 0) is 16.0 Å². The first kappa shape index (κ1) is 13.6.